The highest BCUT2D eigenvalue weighted by atomic mass is 16.5. The van der Waals surface area contributed by atoms with Crippen LogP contribution in [-0.2, 0) is 11.2 Å². The molecule has 4 heterocycles. The zero-order valence-electron chi connectivity index (χ0n) is 16.1. The lowest BCUT2D eigenvalue weighted by atomic mass is 9.95. The van der Waals surface area contributed by atoms with Crippen molar-refractivity contribution in [1.29, 1.82) is 0 Å². The number of ether oxygens (including phenoxy) is 1. The monoisotopic (exact) mass is 390 g/mol. The third-order valence-corrected chi connectivity index (χ3v) is 5.21. The van der Waals surface area contributed by atoms with Gasteiger partial charge in [0, 0.05) is 30.7 Å². The number of nitrogens with one attached hydrogen (secondary N) is 1. The average Bonchev–Trinajstić information content (AvgIpc) is 3.16. The number of aromatic nitrogens is 3. The van der Waals surface area contributed by atoms with Crippen molar-refractivity contribution in [1.82, 2.24) is 19.9 Å². The average molecular weight is 390 g/mol. The van der Waals surface area contributed by atoms with Crippen LogP contribution in [0.4, 0.5) is 0 Å². The maximum absolute atomic E-state index is 13.0. The largest absolute Gasteiger partial charge is 0.379 e. The molecule has 1 fully saturated rings. The first-order chi connectivity index (χ1) is 14.1. The highest BCUT2D eigenvalue weighted by molar-refractivity contribution is 5.95. The number of carbonyl (C=O) groups excluding carboxylic acids is 1. The molecule has 2 atom stereocenters. The Morgan fingerprint density at radius 2 is 2.00 bits per heavy atom. The second-order valence-corrected chi connectivity index (χ2v) is 7.20. The summed E-state index contributed by atoms with van der Waals surface area (Å²) in [7, 11) is 0. The van der Waals surface area contributed by atoms with Crippen LogP contribution in [0, 0.1) is 12.8 Å². The molecule has 0 saturated carbocycles. The van der Waals surface area contributed by atoms with E-state index in [1.165, 1.54) is 4.57 Å². The van der Waals surface area contributed by atoms with Crippen LogP contribution in [-0.4, -0.2) is 39.7 Å². The van der Waals surface area contributed by atoms with Crippen molar-refractivity contribution < 1.29 is 9.53 Å². The molecule has 1 aliphatic heterocycles. The normalized spacial score (nSPS) is 18.5. The van der Waals surface area contributed by atoms with Gasteiger partial charge in [0.15, 0.2) is 0 Å². The summed E-state index contributed by atoms with van der Waals surface area (Å²) in [5.41, 5.74) is 2.18. The first-order valence-electron chi connectivity index (χ1n) is 9.53. The SMILES string of the molecule is Cc1ccn(-c2cccnc2)c(=O)c1C(=O)N[C@@H]1COC[C@H]1Cc1ccncc1. The molecule has 7 heteroatoms. The summed E-state index contributed by atoms with van der Waals surface area (Å²) in [4.78, 5) is 34.1. The minimum Gasteiger partial charge on any atom is -0.379 e. The van der Waals surface area contributed by atoms with Crippen molar-refractivity contribution in [2.45, 2.75) is 19.4 Å². The van der Waals surface area contributed by atoms with Gasteiger partial charge in [0.1, 0.15) is 5.56 Å². The Kier molecular flexibility index (Phi) is 5.48. The molecule has 3 aromatic rings. The molecule has 0 unspecified atom stereocenters. The third-order valence-electron chi connectivity index (χ3n) is 5.21. The van der Waals surface area contributed by atoms with Crippen LogP contribution in [0.1, 0.15) is 21.5 Å². The van der Waals surface area contributed by atoms with Gasteiger partial charge in [-0.15, -0.1) is 0 Å². The van der Waals surface area contributed by atoms with Crippen LogP contribution in [0.5, 0.6) is 0 Å². The maximum atomic E-state index is 13.0. The zero-order chi connectivity index (χ0) is 20.2. The lowest BCUT2D eigenvalue weighted by Gasteiger charge is -2.20. The summed E-state index contributed by atoms with van der Waals surface area (Å²) in [6.07, 6.45) is 9.19. The van der Waals surface area contributed by atoms with Crippen molar-refractivity contribution in [2.24, 2.45) is 5.92 Å². The molecule has 1 amide bonds. The molecule has 0 bridgehead atoms. The van der Waals surface area contributed by atoms with E-state index < -0.39 is 0 Å². The summed E-state index contributed by atoms with van der Waals surface area (Å²) in [6.45, 7) is 2.77. The topological polar surface area (TPSA) is 86.1 Å². The van der Waals surface area contributed by atoms with Gasteiger partial charge < -0.3 is 10.1 Å². The van der Waals surface area contributed by atoms with Gasteiger partial charge in [-0.3, -0.25) is 24.1 Å². The van der Waals surface area contributed by atoms with E-state index >= 15 is 0 Å². The first-order valence-corrected chi connectivity index (χ1v) is 9.53. The molecule has 1 N–H and O–H groups in total. The smallest absolute Gasteiger partial charge is 0.268 e. The first kappa shape index (κ1) is 19.0. The van der Waals surface area contributed by atoms with E-state index in [1.807, 2.05) is 12.1 Å². The molecule has 0 aliphatic carbocycles. The predicted octanol–water partition coefficient (Wildman–Crippen LogP) is 1.92. The quantitative estimate of drug-likeness (QED) is 0.719. The van der Waals surface area contributed by atoms with Gasteiger partial charge in [-0.1, -0.05) is 0 Å². The lowest BCUT2D eigenvalue weighted by molar-refractivity contribution is 0.0922. The van der Waals surface area contributed by atoms with E-state index in [-0.39, 0.29) is 29.0 Å². The van der Waals surface area contributed by atoms with Gasteiger partial charge in [-0.2, -0.15) is 0 Å². The van der Waals surface area contributed by atoms with Gasteiger partial charge in [0.25, 0.3) is 11.5 Å². The Labute approximate surface area is 168 Å². The zero-order valence-corrected chi connectivity index (χ0v) is 16.1. The van der Waals surface area contributed by atoms with Crippen LogP contribution in [0.25, 0.3) is 5.69 Å². The van der Waals surface area contributed by atoms with Gasteiger partial charge in [0.05, 0.1) is 31.1 Å². The van der Waals surface area contributed by atoms with E-state index in [0.29, 0.717) is 24.5 Å². The Bertz CT molecular complexity index is 1050. The minimum absolute atomic E-state index is 0.144. The molecule has 1 saturated heterocycles. The van der Waals surface area contributed by atoms with E-state index in [4.69, 9.17) is 4.74 Å². The Balaban J connectivity index is 1.56. The highest BCUT2D eigenvalue weighted by Crippen LogP contribution is 2.19. The number of amides is 1. The molecule has 3 aromatic heterocycles. The molecular weight excluding hydrogens is 368 g/mol. The summed E-state index contributed by atoms with van der Waals surface area (Å²) in [6, 6.07) is 9.07. The predicted molar refractivity (Wildman–Crippen MR) is 108 cm³/mol. The number of rotatable bonds is 5. The van der Waals surface area contributed by atoms with Crippen molar-refractivity contribution in [3.8, 4) is 5.69 Å². The van der Waals surface area contributed by atoms with Crippen molar-refractivity contribution in [3.63, 3.8) is 0 Å². The van der Waals surface area contributed by atoms with E-state index in [0.717, 1.165) is 12.0 Å². The number of carbonyl (C=O) groups is 1. The van der Waals surface area contributed by atoms with Crippen molar-refractivity contribution in [2.75, 3.05) is 13.2 Å². The fourth-order valence-electron chi connectivity index (χ4n) is 3.62. The molecule has 0 aromatic carbocycles. The molecule has 4 rings (SSSR count). The van der Waals surface area contributed by atoms with Crippen molar-refractivity contribution in [3.05, 3.63) is 88.4 Å². The van der Waals surface area contributed by atoms with Crippen LogP contribution in [0.2, 0.25) is 0 Å². The van der Waals surface area contributed by atoms with Crippen LogP contribution in [0.3, 0.4) is 0 Å². The molecule has 29 heavy (non-hydrogen) atoms. The Morgan fingerprint density at radius 1 is 1.17 bits per heavy atom. The second-order valence-electron chi connectivity index (χ2n) is 7.20. The minimum atomic E-state index is -0.374. The highest BCUT2D eigenvalue weighted by Gasteiger charge is 2.31. The standard InChI is InChI=1S/C22H22N4O3/c1-15-6-10-26(18-3-2-7-24-12-18)22(28)20(15)21(27)25-19-14-29-13-17(19)11-16-4-8-23-9-5-16/h2-10,12,17,19H,11,13-14H2,1H3,(H,25,27)/t17-,19-/m1/s1. The molecular formula is C22H22N4O3. The number of pyridine rings is 3. The molecule has 0 spiro atoms. The fourth-order valence-corrected chi connectivity index (χ4v) is 3.62. The van der Waals surface area contributed by atoms with Gasteiger partial charge in [-0.05, 0) is 54.8 Å². The number of aryl methyl sites for hydroxylation is 1. The number of hydrogen-bond donors (Lipinski definition) is 1. The molecule has 7 nitrogen and oxygen atoms in total. The summed E-state index contributed by atoms with van der Waals surface area (Å²) < 4.78 is 7.05. The van der Waals surface area contributed by atoms with E-state index in [2.05, 4.69) is 15.3 Å². The summed E-state index contributed by atoms with van der Waals surface area (Å²) in [5, 5.41) is 3.02. The summed E-state index contributed by atoms with van der Waals surface area (Å²) >= 11 is 0. The van der Waals surface area contributed by atoms with Gasteiger partial charge >= 0.3 is 0 Å². The maximum Gasteiger partial charge on any atom is 0.268 e. The molecule has 0 radical (unpaired) electrons. The second kappa shape index (κ2) is 8.36. The number of hydrogen-bond acceptors (Lipinski definition) is 5. The Hall–Kier alpha value is -3.32. The van der Waals surface area contributed by atoms with Gasteiger partial charge in [0.2, 0.25) is 0 Å². The van der Waals surface area contributed by atoms with Gasteiger partial charge in [-0.25, -0.2) is 0 Å². The fraction of sp³-hybridized carbons (Fsp3) is 0.273. The van der Waals surface area contributed by atoms with Crippen molar-refractivity contribution >= 4 is 5.91 Å². The molecule has 1 aliphatic rings. The Morgan fingerprint density at radius 3 is 2.76 bits per heavy atom. The number of nitrogens with zero attached hydrogens (tertiary/aromatic N) is 3. The summed E-state index contributed by atoms with van der Waals surface area (Å²) in [5.74, 6) is -0.230. The van der Waals surface area contributed by atoms with E-state index in [9.17, 15) is 9.59 Å². The van der Waals surface area contributed by atoms with E-state index in [1.54, 1.807) is 56.1 Å². The lowest BCUT2D eigenvalue weighted by Crippen LogP contribution is -2.43. The van der Waals surface area contributed by atoms with Crippen LogP contribution < -0.4 is 10.9 Å². The van der Waals surface area contributed by atoms with Crippen LogP contribution in [0.15, 0.2) is 66.1 Å². The molecule has 148 valence electrons. The third kappa shape index (κ3) is 4.09. The van der Waals surface area contributed by atoms with Crippen LogP contribution >= 0.6 is 0 Å².